The summed E-state index contributed by atoms with van der Waals surface area (Å²) in [7, 11) is 1.36. The van der Waals surface area contributed by atoms with E-state index in [2.05, 4.69) is 20.8 Å². The fourth-order valence-corrected chi connectivity index (χ4v) is 0.964. The van der Waals surface area contributed by atoms with Crippen LogP contribution >= 0.6 is 22.6 Å². The summed E-state index contributed by atoms with van der Waals surface area (Å²) in [6.07, 6.45) is 4.58. The van der Waals surface area contributed by atoms with Crippen molar-refractivity contribution in [2.45, 2.75) is 6.04 Å². The first-order valence-corrected chi connectivity index (χ1v) is 5.27. The van der Waals surface area contributed by atoms with Crippen molar-refractivity contribution in [1.29, 1.82) is 0 Å². The molecule has 4 heteroatoms. The number of hydrogen-bond donors (Lipinski definition) is 1. The maximum absolute atomic E-state index is 11.0. The molecular weight excluding hydrogens is 305 g/mol. The van der Waals surface area contributed by atoms with Crippen molar-refractivity contribution in [3.63, 3.8) is 0 Å². The first-order chi connectivity index (χ1) is 7.17. The lowest BCUT2D eigenvalue weighted by Crippen LogP contribution is -2.57. The molecule has 0 saturated carbocycles. The molecule has 1 aromatic rings. The Balaban J connectivity index is 0.000000583. The fraction of sp³-hybridized carbons (Fsp3) is 0.182. The molecule has 0 aliphatic rings. The maximum atomic E-state index is 11.0. The van der Waals surface area contributed by atoms with E-state index < -0.39 is 6.04 Å². The predicted molar refractivity (Wildman–Crippen MR) is 66.9 cm³/mol. The van der Waals surface area contributed by atoms with Crippen molar-refractivity contribution in [1.82, 2.24) is 0 Å². The van der Waals surface area contributed by atoms with E-state index in [1.165, 1.54) is 7.11 Å². The second-order valence-corrected chi connectivity index (χ2v) is 3.22. The summed E-state index contributed by atoms with van der Waals surface area (Å²) < 4.78 is 6.78. The number of hydrogen-bond acceptors (Lipinski definition) is 2. The zero-order chi connectivity index (χ0) is 11.7. The molecule has 0 aromatic heterocycles. The third-order valence-corrected chi connectivity index (χ3v) is 1.69. The van der Waals surface area contributed by atoms with Gasteiger partial charge in [-0.1, -0.05) is 30.3 Å². The second kappa shape index (κ2) is 8.26. The predicted octanol–water partition coefficient (Wildman–Crippen LogP) is 1.15. The van der Waals surface area contributed by atoms with Crippen molar-refractivity contribution in [3.05, 3.63) is 35.9 Å². The lowest BCUT2D eigenvalue weighted by Gasteiger charge is -2.04. The number of carbonyl (C=O) groups is 1. The monoisotopic (exact) mass is 318 g/mol. The molecule has 0 heterocycles. The number of esters is 1. The van der Waals surface area contributed by atoms with Gasteiger partial charge >= 0.3 is 5.97 Å². The Morgan fingerprint density at radius 1 is 1.53 bits per heavy atom. The molecule has 1 aromatic carbocycles. The van der Waals surface area contributed by atoms with Gasteiger partial charge in [-0.25, -0.2) is 4.79 Å². The highest BCUT2D eigenvalue weighted by Crippen LogP contribution is 2.08. The summed E-state index contributed by atoms with van der Waals surface area (Å²) in [6, 6.07) is 8.93. The molecule has 0 radical (unpaired) electrons. The molecule has 1 rings (SSSR count). The van der Waals surface area contributed by atoms with Gasteiger partial charge in [-0.2, -0.15) is 0 Å². The van der Waals surface area contributed by atoms with Crippen molar-refractivity contribution in [3.8, 4) is 10.4 Å². The van der Waals surface area contributed by atoms with Gasteiger partial charge in [-0.15, -0.1) is 6.42 Å². The summed E-state index contributed by atoms with van der Waals surface area (Å²) in [5, 5.41) is 0. The molecule has 0 aliphatic carbocycles. The second-order valence-electron chi connectivity index (χ2n) is 2.60. The van der Waals surface area contributed by atoms with Crippen LogP contribution in [0.3, 0.4) is 0 Å². The van der Waals surface area contributed by atoms with Gasteiger partial charge in [0.25, 0.3) is 0 Å². The topological polar surface area (TPSA) is 53.9 Å². The zero-order valence-corrected chi connectivity index (χ0v) is 10.6. The minimum Gasteiger partial charge on any atom is -0.464 e. The molecule has 0 aliphatic heterocycles. The Morgan fingerprint density at radius 3 is 2.40 bits per heavy atom. The van der Waals surface area contributed by atoms with Crippen LogP contribution in [0, 0.1) is 10.4 Å². The van der Waals surface area contributed by atoms with Crippen molar-refractivity contribution in [2.75, 3.05) is 7.11 Å². The van der Waals surface area contributed by atoms with Gasteiger partial charge in [0.1, 0.15) is 0 Å². The third-order valence-electron chi connectivity index (χ3n) is 1.69. The number of quaternary nitrogens is 1. The van der Waals surface area contributed by atoms with Crippen molar-refractivity contribution in [2.24, 2.45) is 0 Å². The van der Waals surface area contributed by atoms with E-state index >= 15 is 0 Å². The van der Waals surface area contributed by atoms with E-state index in [0.717, 1.165) is 5.56 Å². The van der Waals surface area contributed by atoms with Crippen LogP contribution in [0.25, 0.3) is 0 Å². The summed E-state index contributed by atoms with van der Waals surface area (Å²) in [4.78, 5) is 11.0. The van der Waals surface area contributed by atoms with Gasteiger partial charge in [0, 0.05) is 28.2 Å². The maximum Gasteiger partial charge on any atom is 0.369 e. The zero-order valence-electron chi connectivity index (χ0n) is 8.44. The smallest absolute Gasteiger partial charge is 0.369 e. The van der Waals surface area contributed by atoms with Crippen LogP contribution in [0.2, 0.25) is 0 Å². The highest BCUT2D eigenvalue weighted by atomic mass is 127. The molecule has 0 spiro atoms. The average Bonchev–Trinajstić information content (AvgIpc) is 2.29. The van der Waals surface area contributed by atoms with E-state index in [4.69, 9.17) is 0 Å². The normalized spacial score (nSPS) is 10.3. The number of halogens is 1. The fourth-order valence-electron chi connectivity index (χ4n) is 0.964. The number of rotatable bonds is 2. The number of benzene rings is 1. The molecule has 3 N–H and O–H groups in total. The third kappa shape index (κ3) is 5.40. The van der Waals surface area contributed by atoms with Gasteiger partial charge in [-0.3, -0.25) is 0 Å². The molecule has 0 fully saturated rings. The molecular formula is C11H13INO2+. The summed E-state index contributed by atoms with van der Waals surface area (Å²) >= 11 is 1.82. The Bertz CT molecular complexity index is 332. The largest absolute Gasteiger partial charge is 0.464 e. The molecule has 1 unspecified atom stereocenters. The molecule has 1 atom stereocenters. The molecule has 0 saturated heterocycles. The average molecular weight is 318 g/mol. The molecule has 3 nitrogen and oxygen atoms in total. The van der Waals surface area contributed by atoms with E-state index in [9.17, 15) is 4.79 Å². The van der Waals surface area contributed by atoms with Crippen LogP contribution in [0.5, 0.6) is 0 Å². The minimum atomic E-state index is -0.420. The first-order valence-electron chi connectivity index (χ1n) is 4.19. The van der Waals surface area contributed by atoms with Gasteiger partial charge in [0.05, 0.1) is 7.11 Å². The molecule has 15 heavy (non-hydrogen) atoms. The highest BCUT2D eigenvalue weighted by Gasteiger charge is 2.18. The van der Waals surface area contributed by atoms with Crippen molar-refractivity contribution >= 4 is 28.6 Å². The van der Waals surface area contributed by atoms with Crippen LogP contribution in [-0.4, -0.2) is 13.1 Å². The summed E-state index contributed by atoms with van der Waals surface area (Å²) in [6.45, 7) is 0. The van der Waals surface area contributed by atoms with Gasteiger partial charge in [-0.05, 0) is 3.93 Å². The summed E-state index contributed by atoms with van der Waals surface area (Å²) in [5.41, 5.74) is 4.58. The van der Waals surface area contributed by atoms with Crippen molar-refractivity contribution < 1.29 is 15.3 Å². The Hall–Kier alpha value is -1.06. The Morgan fingerprint density at radius 2 is 2.00 bits per heavy atom. The Labute approximate surface area is 103 Å². The Kier molecular flexibility index (Phi) is 7.68. The number of ether oxygens (including phenoxy) is 1. The number of carbonyl (C=O) groups excluding carboxylic acids is 1. The lowest BCUT2D eigenvalue weighted by atomic mass is 10.1. The molecule has 0 bridgehead atoms. The SMILES string of the molecule is C#CI.COC(=O)C([NH3+])c1ccccc1. The van der Waals surface area contributed by atoms with Gasteiger partial charge < -0.3 is 10.5 Å². The van der Waals surface area contributed by atoms with Crippen LogP contribution in [-0.2, 0) is 9.53 Å². The highest BCUT2D eigenvalue weighted by molar-refractivity contribution is 14.1. The molecule has 0 amide bonds. The van der Waals surface area contributed by atoms with Crippen LogP contribution in [0.1, 0.15) is 11.6 Å². The van der Waals surface area contributed by atoms with E-state index in [1.54, 1.807) is 0 Å². The summed E-state index contributed by atoms with van der Waals surface area (Å²) in [5.74, 6) is -0.304. The first kappa shape index (κ1) is 13.9. The quantitative estimate of drug-likeness (QED) is 0.505. The van der Waals surface area contributed by atoms with Gasteiger partial charge in [0.2, 0.25) is 6.04 Å². The van der Waals surface area contributed by atoms with Crippen LogP contribution in [0.15, 0.2) is 30.3 Å². The molecule has 80 valence electrons. The van der Waals surface area contributed by atoms with E-state index in [-0.39, 0.29) is 5.97 Å². The number of terminal acetylenes is 1. The van der Waals surface area contributed by atoms with E-state index in [0.29, 0.717) is 0 Å². The van der Waals surface area contributed by atoms with E-state index in [1.807, 2.05) is 52.9 Å². The van der Waals surface area contributed by atoms with Gasteiger partial charge in [0.15, 0.2) is 0 Å². The van der Waals surface area contributed by atoms with Crippen LogP contribution < -0.4 is 5.73 Å². The van der Waals surface area contributed by atoms with Crippen LogP contribution in [0.4, 0.5) is 0 Å². The number of methoxy groups -OCH3 is 1. The standard InChI is InChI=1S/C9H11NO2.C2HI/c1-12-9(11)8(10)7-5-3-2-4-6-7;1-2-3/h2-6,8H,10H2,1H3;1H/p+1. The minimum absolute atomic E-state index is 0.304. The lowest BCUT2D eigenvalue weighted by molar-refractivity contribution is -0.414.